The average molecular weight is 314 g/mol. The third kappa shape index (κ3) is 2.67. The van der Waals surface area contributed by atoms with Crippen LogP contribution in [0.2, 0.25) is 0 Å². The number of fused-ring (bicyclic) bond motifs is 2. The Labute approximate surface area is 141 Å². The van der Waals surface area contributed by atoms with Gasteiger partial charge in [0.25, 0.3) is 0 Å². The van der Waals surface area contributed by atoms with E-state index in [1.165, 1.54) is 28.3 Å². The van der Waals surface area contributed by atoms with Crippen LogP contribution in [0.5, 0.6) is 11.5 Å². The lowest BCUT2D eigenvalue weighted by Gasteiger charge is -2.12. The van der Waals surface area contributed by atoms with E-state index in [1.54, 1.807) is 12.1 Å². The molecule has 0 aliphatic heterocycles. The van der Waals surface area contributed by atoms with E-state index < -0.39 is 0 Å². The molecule has 0 saturated heterocycles. The summed E-state index contributed by atoms with van der Waals surface area (Å²) in [5.74, 6) is 0.133. The Bertz CT molecular complexity index is 868. The Morgan fingerprint density at radius 1 is 0.667 bits per heavy atom. The number of hydrogen-bond acceptors (Lipinski definition) is 2. The molecule has 4 rings (SSSR count). The van der Waals surface area contributed by atoms with E-state index in [0.717, 1.165) is 24.0 Å². The van der Waals surface area contributed by atoms with Crippen LogP contribution < -0.4 is 0 Å². The van der Waals surface area contributed by atoms with Gasteiger partial charge < -0.3 is 10.2 Å². The molecule has 0 fully saturated rings. The van der Waals surface area contributed by atoms with Gasteiger partial charge in [0.2, 0.25) is 0 Å². The third-order valence-corrected chi connectivity index (χ3v) is 4.51. The van der Waals surface area contributed by atoms with Gasteiger partial charge >= 0.3 is 0 Å². The molecule has 2 heteroatoms. The van der Waals surface area contributed by atoms with Gasteiger partial charge in [-0.25, -0.2) is 0 Å². The predicted molar refractivity (Wildman–Crippen MR) is 97.0 cm³/mol. The maximum atomic E-state index is 9.78. The second kappa shape index (κ2) is 5.89. The van der Waals surface area contributed by atoms with Crippen LogP contribution in [0.4, 0.5) is 0 Å². The van der Waals surface area contributed by atoms with Crippen molar-refractivity contribution in [2.45, 2.75) is 12.8 Å². The highest BCUT2D eigenvalue weighted by Gasteiger charge is 2.17. The first-order valence-corrected chi connectivity index (χ1v) is 8.12. The topological polar surface area (TPSA) is 40.5 Å². The lowest BCUT2D eigenvalue weighted by atomic mass is 9.92. The van der Waals surface area contributed by atoms with Crippen molar-refractivity contribution in [3.8, 4) is 11.5 Å². The molecule has 0 aromatic heterocycles. The summed E-state index contributed by atoms with van der Waals surface area (Å²) in [6, 6.07) is 21.6. The molecule has 0 unspecified atom stereocenters. The molecule has 2 N–H and O–H groups in total. The van der Waals surface area contributed by atoms with Gasteiger partial charge in [0.05, 0.1) is 0 Å². The summed E-state index contributed by atoms with van der Waals surface area (Å²) in [4.78, 5) is 0. The number of benzene rings is 3. The zero-order valence-corrected chi connectivity index (χ0v) is 13.2. The number of aryl methyl sites for hydroxylation is 2. The molecule has 0 bridgehead atoms. The molecule has 0 radical (unpaired) electrons. The molecule has 1 aliphatic carbocycles. The van der Waals surface area contributed by atoms with Crippen LogP contribution in [0, 0.1) is 0 Å². The van der Waals surface area contributed by atoms with Gasteiger partial charge in [0, 0.05) is 6.07 Å². The van der Waals surface area contributed by atoms with Crippen LogP contribution in [-0.4, -0.2) is 10.2 Å². The third-order valence-electron chi connectivity index (χ3n) is 4.51. The minimum atomic E-state index is 0.0667. The molecule has 24 heavy (non-hydrogen) atoms. The van der Waals surface area contributed by atoms with Crippen molar-refractivity contribution >= 4 is 11.6 Å². The van der Waals surface area contributed by atoms with Crippen molar-refractivity contribution in [3.05, 3.63) is 94.5 Å². The van der Waals surface area contributed by atoms with Gasteiger partial charge in [-0.3, -0.25) is 0 Å². The van der Waals surface area contributed by atoms with Gasteiger partial charge in [0.15, 0.2) is 0 Å². The standard InChI is InChI=1S/C22H18O2/c23-18-11-15(12-19(24)14-18)13-22-20-7-3-1-5-16(20)9-10-17-6-2-4-8-21(17)22/h1-8,11-14,23-24H,9-10H2. The SMILES string of the molecule is Oc1cc(O)cc(C=C2c3ccccc3CCc3ccccc32)c1. The van der Waals surface area contributed by atoms with E-state index >= 15 is 0 Å². The van der Waals surface area contributed by atoms with E-state index in [9.17, 15) is 10.2 Å². The van der Waals surface area contributed by atoms with E-state index in [2.05, 4.69) is 48.5 Å². The summed E-state index contributed by atoms with van der Waals surface area (Å²) in [5.41, 5.74) is 6.99. The van der Waals surface area contributed by atoms with Crippen LogP contribution >= 0.6 is 0 Å². The van der Waals surface area contributed by atoms with Crippen molar-refractivity contribution in [1.29, 1.82) is 0 Å². The molecule has 3 aromatic carbocycles. The van der Waals surface area contributed by atoms with Crippen molar-refractivity contribution in [1.82, 2.24) is 0 Å². The van der Waals surface area contributed by atoms with Crippen LogP contribution in [0.25, 0.3) is 11.6 Å². The molecule has 118 valence electrons. The molecule has 0 saturated carbocycles. The summed E-state index contributed by atoms with van der Waals surface area (Å²) in [5, 5.41) is 19.6. The molecule has 0 spiro atoms. The van der Waals surface area contributed by atoms with Gasteiger partial charge in [-0.15, -0.1) is 0 Å². The first-order valence-electron chi connectivity index (χ1n) is 8.12. The molecular formula is C22H18O2. The first kappa shape index (κ1) is 14.6. The van der Waals surface area contributed by atoms with Crippen molar-refractivity contribution in [2.75, 3.05) is 0 Å². The predicted octanol–water partition coefficient (Wildman–Crippen LogP) is 4.79. The molecule has 0 atom stereocenters. The fourth-order valence-electron chi connectivity index (χ4n) is 3.44. The van der Waals surface area contributed by atoms with Crippen molar-refractivity contribution in [3.63, 3.8) is 0 Å². The van der Waals surface area contributed by atoms with Crippen LogP contribution in [0.1, 0.15) is 27.8 Å². The Balaban J connectivity index is 1.97. The van der Waals surface area contributed by atoms with Crippen LogP contribution in [0.3, 0.4) is 0 Å². The number of hydrogen-bond donors (Lipinski definition) is 2. The second-order valence-electron chi connectivity index (χ2n) is 6.16. The lowest BCUT2D eigenvalue weighted by molar-refractivity contribution is 0.450. The largest absolute Gasteiger partial charge is 0.508 e. The maximum absolute atomic E-state index is 9.78. The Kier molecular flexibility index (Phi) is 3.58. The van der Waals surface area contributed by atoms with E-state index in [0.29, 0.717) is 0 Å². The molecule has 0 amide bonds. The summed E-state index contributed by atoms with van der Waals surface area (Å²) < 4.78 is 0. The molecule has 3 aromatic rings. The quantitative estimate of drug-likeness (QED) is 0.678. The first-order chi connectivity index (χ1) is 11.7. The molecular weight excluding hydrogens is 296 g/mol. The van der Waals surface area contributed by atoms with Gasteiger partial charge in [0.1, 0.15) is 11.5 Å². The highest BCUT2D eigenvalue weighted by molar-refractivity contribution is 5.94. The van der Waals surface area contributed by atoms with Crippen molar-refractivity contribution in [2.24, 2.45) is 0 Å². The maximum Gasteiger partial charge on any atom is 0.119 e. The summed E-state index contributed by atoms with van der Waals surface area (Å²) in [7, 11) is 0. The molecule has 2 nitrogen and oxygen atoms in total. The minimum Gasteiger partial charge on any atom is -0.508 e. The van der Waals surface area contributed by atoms with Gasteiger partial charge in [-0.1, -0.05) is 48.5 Å². The summed E-state index contributed by atoms with van der Waals surface area (Å²) >= 11 is 0. The summed E-state index contributed by atoms with van der Waals surface area (Å²) in [6.45, 7) is 0. The lowest BCUT2D eigenvalue weighted by Crippen LogP contribution is -1.92. The monoisotopic (exact) mass is 314 g/mol. The Morgan fingerprint density at radius 3 is 1.71 bits per heavy atom. The van der Waals surface area contributed by atoms with E-state index in [-0.39, 0.29) is 11.5 Å². The van der Waals surface area contributed by atoms with Crippen LogP contribution in [-0.2, 0) is 12.8 Å². The summed E-state index contributed by atoms with van der Waals surface area (Å²) in [6.07, 6.45) is 4.06. The zero-order valence-electron chi connectivity index (χ0n) is 13.2. The smallest absolute Gasteiger partial charge is 0.119 e. The number of aromatic hydroxyl groups is 2. The van der Waals surface area contributed by atoms with E-state index in [4.69, 9.17) is 0 Å². The highest BCUT2D eigenvalue weighted by atomic mass is 16.3. The zero-order chi connectivity index (χ0) is 16.5. The normalized spacial score (nSPS) is 12.9. The molecule has 0 heterocycles. The van der Waals surface area contributed by atoms with Gasteiger partial charge in [-0.2, -0.15) is 0 Å². The average Bonchev–Trinajstić information content (AvgIpc) is 2.72. The molecule has 1 aliphatic rings. The highest BCUT2D eigenvalue weighted by Crippen LogP contribution is 2.35. The Hall–Kier alpha value is -3.00. The number of phenolic OH excluding ortho intramolecular Hbond substituents is 2. The Morgan fingerprint density at radius 2 is 1.17 bits per heavy atom. The number of phenols is 2. The number of rotatable bonds is 1. The fourth-order valence-corrected chi connectivity index (χ4v) is 3.44. The minimum absolute atomic E-state index is 0.0667. The second-order valence-corrected chi connectivity index (χ2v) is 6.16. The van der Waals surface area contributed by atoms with E-state index in [1.807, 2.05) is 6.08 Å². The fraction of sp³-hybridized carbons (Fsp3) is 0.0909. The van der Waals surface area contributed by atoms with Crippen molar-refractivity contribution < 1.29 is 10.2 Å². The van der Waals surface area contributed by atoms with Gasteiger partial charge in [-0.05, 0) is 64.4 Å². The van der Waals surface area contributed by atoms with Crippen LogP contribution in [0.15, 0.2) is 66.7 Å².